The van der Waals surface area contributed by atoms with Crippen LogP contribution < -0.4 is 19.7 Å². The van der Waals surface area contributed by atoms with Crippen LogP contribution >= 0.6 is 27.7 Å². The Kier molecular flexibility index (Phi) is 9.70. The first kappa shape index (κ1) is 33.4. The summed E-state index contributed by atoms with van der Waals surface area (Å²) in [5.41, 5.74) is 9.40. The highest BCUT2D eigenvalue weighted by molar-refractivity contribution is 9.10. The van der Waals surface area contributed by atoms with E-state index in [-0.39, 0.29) is 17.7 Å². The van der Waals surface area contributed by atoms with Crippen LogP contribution in [0.5, 0.6) is 11.5 Å². The molecule has 3 aliphatic heterocycles. The standard InChI is InChI=1S/C43H38BrN3O3S/c1-2-49-38-23-29(22-37(44)41(38)50-27-28-12-6-3-7-13-28)24-39-42(48)46-43(51-39)45-32-25-35-33(30-14-8-4-9-15-30)18-20-47-21-19-34(36(26-32)40(35)47)31-16-10-5-11-17-31/h3-17,22-26,33-34H,2,18-21,27H2,1H3,(H,45,46,48)/b39-24-/t33-,34+. The van der Waals surface area contributed by atoms with Crippen molar-refractivity contribution in [2.75, 3.05) is 24.6 Å². The number of halogens is 1. The molecule has 1 amide bonds. The molecule has 3 aliphatic rings. The monoisotopic (exact) mass is 755 g/mol. The number of carbonyl (C=O) groups excluding carboxylic acids is 1. The summed E-state index contributed by atoms with van der Waals surface area (Å²) >= 11 is 5.05. The van der Waals surface area contributed by atoms with Crippen molar-refractivity contribution < 1.29 is 14.3 Å². The molecule has 2 atom stereocenters. The minimum Gasteiger partial charge on any atom is -0.490 e. The largest absolute Gasteiger partial charge is 0.490 e. The maximum atomic E-state index is 13.3. The average Bonchev–Trinajstić information content (AvgIpc) is 3.50. The Bertz CT molecular complexity index is 2050. The number of nitrogens with zero attached hydrogens (tertiary/aromatic N) is 2. The van der Waals surface area contributed by atoms with E-state index in [9.17, 15) is 4.79 Å². The molecule has 0 aromatic heterocycles. The SMILES string of the molecule is CCOc1cc(/C=C2\SC(=Nc3cc4c5c(c3)[C@H](c3ccccc3)CCN5CC[C@@H]4c3ccccc3)NC2=O)cc(Br)c1OCc1ccccc1. The van der Waals surface area contributed by atoms with Gasteiger partial charge in [0.25, 0.3) is 5.91 Å². The molecule has 5 aromatic carbocycles. The van der Waals surface area contributed by atoms with E-state index in [1.807, 2.05) is 55.5 Å². The van der Waals surface area contributed by atoms with E-state index in [4.69, 9.17) is 14.5 Å². The highest BCUT2D eigenvalue weighted by Crippen LogP contribution is 2.50. The molecule has 8 heteroatoms. The van der Waals surface area contributed by atoms with E-state index >= 15 is 0 Å². The molecular weight excluding hydrogens is 718 g/mol. The zero-order chi connectivity index (χ0) is 34.7. The number of aliphatic imine (C=N–C) groups is 1. The van der Waals surface area contributed by atoms with E-state index in [1.54, 1.807) is 0 Å². The molecule has 1 N–H and O–H groups in total. The zero-order valence-electron chi connectivity index (χ0n) is 28.3. The molecule has 51 heavy (non-hydrogen) atoms. The van der Waals surface area contributed by atoms with Gasteiger partial charge in [-0.15, -0.1) is 0 Å². The first-order valence-electron chi connectivity index (χ1n) is 17.5. The lowest BCUT2D eigenvalue weighted by Gasteiger charge is -2.43. The average molecular weight is 757 g/mol. The van der Waals surface area contributed by atoms with Crippen molar-refractivity contribution in [1.29, 1.82) is 0 Å². The van der Waals surface area contributed by atoms with E-state index in [2.05, 4.69) is 98.9 Å². The fourth-order valence-electron chi connectivity index (χ4n) is 7.46. The lowest BCUT2D eigenvalue weighted by Crippen LogP contribution is -2.37. The minimum absolute atomic E-state index is 0.174. The van der Waals surface area contributed by atoms with Gasteiger partial charge in [-0.25, -0.2) is 4.99 Å². The van der Waals surface area contributed by atoms with Gasteiger partial charge >= 0.3 is 0 Å². The topological polar surface area (TPSA) is 63.2 Å². The molecule has 1 saturated heterocycles. The lowest BCUT2D eigenvalue weighted by atomic mass is 9.76. The predicted molar refractivity (Wildman–Crippen MR) is 211 cm³/mol. The molecule has 0 spiro atoms. The second kappa shape index (κ2) is 14.8. The summed E-state index contributed by atoms with van der Waals surface area (Å²) in [7, 11) is 0. The number of benzene rings is 5. The number of hydrogen-bond acceptors (Lipinski definition) is 6. The van der Waals surface area contributed by atoms with Gasteiger partial charge in [-0.05, 0) is 111 Å². The number of ether oxygens (including phenoxy) is 2. The number of thioether (sulfide) groups is 1. The van der Waals surface area contributed by atoms with Gasteiger partial charge in [0.1, 0.15) is 6.61 Å². The Hall–Kier alpha value is -4.79. The number of nitrogens with one attached hydrogen (secondary N) is 1. The second-order valence-corrected chi connectivity index (χ2v) is 14.9. The number of hydrogen-bond donors (Lipinski definition) is 1. The summed E-state index contributed by atoms with van der Waals surface area (Å²) in [5, 5.41) is 3.60. The van der Waals surface area contributed by atoms with Gasteiger partial charge in [0, 0.05) is 30.6 Å². The van der Waals surface area contributed by atoms with Crippen LogP contribution in [0.1, 0.15) is 65.0 Å². The van der Waals surface area contributed by atoms with E-state index in [0.717, 1.165) is 47.2 Å². The van der Waals surface area contributed by atoms with Gasteiger partial charge < -0.3 is 19.7 Å². The van der Waals surface area contributed by atoms with E-state index in [0.29, 0.717) is 34.8 Å². The van der Waals surface area contributed by atoms with Crippen molar-refractivity contribution in [3.05, 3.63) is 158 Å². The Labute approximate surface area is 311 Å². The fourth-order valence-corrected chi connectivity index (χ4v) is 8.87. The Balaban J connectivity index is 1.12. The maximum absolute atomic E-state index is 13.3. The molecule has 5 aromatic rings. The number of anilines is 1. The summed E-state index contributed by atoms with van der Waals surface area (Å²) in [6.07, 6.45) is 3.99. The number of amides is 1. The Morgan fingerprint density at radius 3 is 2.06 bits per heavy atom. The molecule has 1 fully saturated rings. The van der Waals surface area contributed by atoms with E-state index < -0.39 is 0 Å². The first-order valence-corrected chi connectivity index (χ1v) is 19.1. The normalized spacial score (nSPS) is 19.6. The Morgan fingerprint density at radius 1 is 0.843 bits per heavy atom. The van der Waals surface area contributed by atoms with Gasteiger partial charge in [-0.2, -0.15) is 0 Å². The number of amidine groups is 1. The highest BCUT2D eigenvalue weighted by Gasteiger charge is 2.35. The van der Waals surface area contributed by atoms with Crippen LogP contribution in [-0.4, -0.2) is 30.8 Å². The second-order valence-electron chi connectivity index (χ2n) is 13.0. The smallest absolute Gasteiger partial charge is 0.264 e. The van der Waals surface area contributed by atoms with Crippen molar-refractivity contribution >= 4 is 56.2 Å². The molecule has 3 heterocycles. The van der Waals surface area contributed by atoms with Crippen LogP contribution in [0.3, 0.4) is 0 Å². The van der Waals surface area contributed by atoms with Gasteiger partial charge in [0.15, 0.2) is 16.7 Å². The highest BCUT2D eigenvalue weighted by atomic mass is 79.9. The third kappa shape index (κ3) is 7.08. The summed E-state index contributed by atoms with van der Waals surface area (Å²) in [6, 6.07) is 40.0. The zero-order valence-corrected chi connectivity index (χ0v) is 30.8. The van der Waals surface area contributed by atoms with Crippen LogP contribution in [0.2, 0.25) is 0 Å². The van der Waals surface area contributed by atoms with Crippen LogP contribution in [-0.2, 0) is 11.4 Å². The van der Waals surface area contributed by atoms with Crippen molar-refractivity contribution in [2.45, 2.75) is 38.2 Å². The van der Waals surface area contributed by atoms with Crippen molar-refractivity contribution in [2.24, 2.45) is 4.99 Å². The molecule has 256 valence electrons. The molecular formula is C43H38BrN3O3S. The third-order valence-corrected chi connectivity index (χ3v) is 11.2. The predicted octanol–water partition coefficient (Wildman–Crippen LogP) is 10.2. The number of carbonyl (C=O) groups is 1. The summed E-state index contributed by atoms with van der Waals surface area (Å²) in [6.45, 7) is 4.92. The van der Waals surface area contributed by atoms with Gasteiger partial charge in [0.05, 0.1) is 21.7 Å². The lowest BCUT2D eigenvalue weighted by molar-refractivity contribution is -0.115. The summed E-state index contributed by atoms with van der Waals surface area (Å²) < 4.78 is 12.9. The van der Waals surface area contributed by atoms with Gasteiger partial charge in [-0.1, -0.05) is 91.0 Å². The molecule has 0 aliphatic carbocycles. The van der Waals surface area contributed by atoms with Crippen molar-refractivity contribution in [1.82, 2.24) is 5.32 Å². The van der Waals surface area contributed by atoms with Crippen LogP contribution in [0.25, 0.3) is 6.08 Å². The van der Waals surface area contributed by atoms with Crippen LogP contribution in [0, 0.1) is 0 Å². The van der Waals surface area contributed by atoms with Crippen molar-refractivity contribution in [3.8, 4) is 11.5 Å². The molecule has 0 radical (unpaired) electrons. The first-order chi connectivity index (χ1) is 25.0. The molecule has 0 unspecified atom stereocenters. The molecule has 0 bridgehead atoms. The van der Waals surface area contributed by atoms with Crippen LogP contribution in [0.4, 0.5) is 11.4 Å². The molecule has 0 saturated carbocycles. The quantitative estimate of drug-likeness (QED) is 0.152. The Morgan fingerprint density at radius 2 is 1.45 bits per heavy atom. The summed E-state index contributed by atoms with van der Waals surface area (Å²) in [5.74, 6) is 1.64. The van der Waals surface area contributed by atoms with Crippen LogP contribution in [0.15, 0.2) is 130 Å². The van der Waals surface area contributed by atoms with Gasteiger partial charge in [-0.3, -0.25) is 4.79 Å². The van der Waals surface area contributed by atoms with Crippen molar-refractivity contribution in [3.63, 3.8) is 0 Å². The number of rotatable bonds is 9. The fraction of sp³-hybridized carbons (Fsp3) is 0.209. The summed E-state index contributed by atoms with van der Waals surface area (Å²) in [4.78, 5) is 21.6. The van der Waals surface area contributed by atoms with E-state index in [1.165, 1.54) is 39.7 Å². The minimum atomic E-state index is -0.174. The maximum Gasteiger partial charge on any atom is 0.264 e. The molecule has 6 nitrogen and oxygen atoms in total. The van der Waals surface area contributed by atoms with Gasteiger partial charge in [0.2, 0.25) is 0 Å². The third-order valence-electron chi connectivity index (χ3n) is 9.74. The molecule has 8 rings (SSSR count).